The molecule has 6 nitrogen and oxygen atoms in total. The first-order chi connectivity index (χ1) is 16.4. The quantitative estimate of drug-likeness (QED) is 0.262. The summed E-state index contributed by atoms with van der Waals surface area (Å²) in [5, 5.41) is 11.3. The number of ketones is 1. The predicted octanol–water partition coefficient (Wildman–Crippen LogP) is 6.03. The third-order valence-electron chi connectivity index (χ3n) is 6.79. The molecule has 1 fully saturated rings. The van der Waals surface area contributed by atoms with E-state index >= 15 is 0 Å². The SMILES string of the molecule is CC(=O)c1c(C)cc(C)c(CSc2nnc(-c3c[nH]c4ccccc34)n2CC2CCCO2)c1C. The van der Waals surface area contributed by atoms with Crippen molar-refractivity contribution < 1.29 is 9.53 Å². The van der Waals surface area contributed by atoms with E-state index in [1.165, 1.54) is 11.1 Å². The van der Waals surface area contributed by atoms with E-state index < -0.39 is 0 Å². The number of thioether (sulfide) groups is 1. The first-order valence-electron chi connectivity index (χ1n) is 11.8. The van der Waals surface area contributed by atoms with Gasteiger partial charge >= 0.3 is 0 Å². The lowest BCUT2D eigenvalue weighted by Crippen LogP contribution is -2.16. The second-order valence-electron chi connectivity index (χ2n) is 9.13. The molecule has 0 aliphatic carbocycles. The topological polar surface area (TPSA) is 72.8 Å². The molecule has 1 unspecified atom stereocenters. The molecule has 1 aliphatic heterocycles. The van der Waals surface area contributed by atoms with E-state index in [2.05, 4.69) is 51.8 Å². The number of para-hydroxylation sites is 1. The number of carbonyl (C=O) groups is 1. The first-order valence-corrected chi connectivity index (χ1v) is 12.8. The van der Waals surface area contributed by atoms with Gasteiger partial charge in [0.25, 0.3) is 0 Å². The third kappa shape index (κ3) is 4.18. The lowest BCUT2D eigenvalue weighted by Gasteiger charge is -2.17. The average Bonchev–Trinajstić information content (AvgIpc) is 3.54. The van der Waals surface area contributed by atoms with Crippen LogP contribution in [-0.2, 0) is 17.0 Å². The molecule has 4 aromatic rings. The lowest BCUT2D eigenvalue weighted by atomic mass is 9.92. The Balaban J connectivity index is 1.51. The van der Waals surface area contributed by atoms with Crippen molar-refractivity contribution in [2.45, 2.75) is 64.1 Å². The van der Waals surface area contributed by atoms with E-state index in [0.717, 1.165) is 75.9 Å². The number of ether oxygens (including phenoxy) is 1. The number of benzene rings is 2. The van der Waals surface area contributed by atoms with Crippen LogP contribution in [0.15, 0.2) is 41.7 Å². The number of hydrogen-bond acceptors (Lipinski definition) is 5. The van der Waals surface area contributed by atoms with Crippen LogP contribution in [0.5, 0.6) is 0 Å². The van der Waals surface area contributed by atoms with Gasteiger partial charge < -0.3 is 9.72 Å². The van der Waals surface area contributed by atoms with Gasteiger partial charge in [-0.15, -0.1) is 10.2 Å². The Hall–Kier alpha value is -2.90. The molecule has 0 spiro atoms. The molecular formula is C27H30N4O2S. The number of aromatic amines is 1. The van der Waals surface area contributed by atoms with Crippen molar-refractivity contribution in [2.24, 2.45) is 0 Å². The number of carbonyl (C=O) groups excluding carboxylic acids is 1. The normalized spacial score (nSPS) is 15.9. The summed E-state index contributed by atoms with van der Waals surface area (Å²) in [6, 6.07) is 10.4. The standard InChI is InChI=1S/C27H30N4O2S/c1-16-12-17(2)25(19(4)32)18(3)23(16)15-34-27-30-29-26(31(27)14-20-8-7-11-33-20)22-13-28-24-10-6-5-9-21(22)24/h5-6,9-10,12-13,20,28H,7-8,11,14-15H2,1-4H3. The number of nitrogens with one attached hydrogen (secondary N) is 1. The molecule has 2 aromatic carbocycles. The van der Waals surface area contributed by atoms with Crippen LogP contribution in [0.2, 0.25) is 0 Å². The fraction of sp³-hybridized carbons (Fsp3) is 0.370. The molecule has 1 atom stereocenters. The number of aryl methyl sites for hydroxylation is 2. The highest BCUT2D eigenvalue weighted by atomic mass is 32.2. The largest absolute Gasteiger partial charge is 0.376 e. The van der Waals surface area contributed by atoms with Gasteiger partial charge in [0.15, 0.2) is 16.8 Å². The number of H-pyrrole nitrogens is 1. The summed E-state index contributed by atoms with van der Waals surface area (Å²) in [6.07, 6.45) is 4.33. The van der Waals surface area contributed by atoms with Crippen LogP contribution in [-0.4, -0.2) is 38.2 Å². The molecule has 1 N–H and O–H groups in total. The number of aromatic nitrogens is 4. The van der Waals surface area contributed by atoms with Crippen molar-refractivity contribution in [1.29, 1.82) is 0 Å². The van der Waals surface area contributed by atoms with Gasteiger partial charge in [0.1, 0.15) is 0 Å². The highest BCUT2D eigenvalue weighted by molar-refractivity contribution is 7.98. The Labute approximate surface area is 204 Å². The maximum absolute atomic E-state index is 12.3. The molecule has 34 heavy (non-hydrogen) atoms. The highest BCUT2D eigenvalue weighted by Gasteiger charge is 2.24. The fourth-order valence-corrected chi connectivity index (χ4v) is 6.27. The van der Waals surface area contributed by atoms with Crippen LogP contribution in [0.25, 0.3) is 22.3 Å². The molecule has 1 saturated heterocycles. The van der Waals surface area contributed by atoms with Gasteiger partial charge in [0.05, 0.1) is 12.6 Å². The third-order valence-corrected chi connectivity index (χ3v) is 7.78. The van der Waals surface area contributed by atoms with E-state index in [4.69, 9.17) is 4.74 Å². The van der Waals surface area contributed by atoms with Crippen LogP contribution in [0.4, 0.5) is 0 Å². The van der Waals surface area contributed by atoms with Gasteiger partial charge in [-0.3, -0.25) is 9.36 Å². The Morgan fingerprint density at radius 1 is 1.21 bits per heavy atom. The Morgan fingerprint density at radius 2 is 2.03 bits per heavy atom. The molecule has 0 saturated carbocycles. The minimum Gasteiger partial charge on any atom is -0.376 e. The van der Waals surface area contributed by atoms with Crippen molar-refractivity contribution in [3.05, 3.63) is 64.3 Å². The fourth-order valence-electron chi connectivity index (χ4n) is 5.13. The Bertz CT molecular complexity index is 1360. The van der Waals surface area contributed by atoms with Crippen LogP contribution in [0, 0.1) is 20.8 Å². The molecule has 7 heteroatoms. The summed E-state index contributed by atoms with van der Waals surface area (Å²) >= 11 is 1.67. The molecule has 5 rings (SSSR count). The van der Waals surface area contributed by atoms with Crippen molar-refractivity contribution in [3.63, 3.8) is 0 Å². The van der Waals surface area contributed by atoms with E-state index in [-0.39, 0.29) is 11.9 Å². The molecule has 0 radical (unpaired) electrons. The molecular weight excluding hydrogens is 444 g/mol. The minimum absolute atomic E-state index is 0.115. The van der Waals surface area contributed by atoms with Gasteiger partial charge in [-0.05, 0) is 68.9 Å². The average molecular weight is 475 g/mol. The van der Waals surface area contributed by atoms with Crippen molar-refractivity contribution in [3.8, 4) is 11.4 Å². The molecule has 1 aliphatic rings. The molecule has 0 amide bonds. The number of fused-ring (bicyclic) bond motifs is 1. The Morgan fingerprint density at radius 3 is 2.79 bits per heavy atom. The second-order valence-corrected chi connectivity index (χ2v) is 10.1. The smallest absolute Gasteiger partial charge is 0.191 e. The maximum Gasteiger partial charge on any atom is 0.191 e. The predicted molar refractivity (Wildman–Crippen MR) is 137 cm³/mol. The maximum atomic E-state index is 12.3. The molecule has 2 aromatic heterocycles. The number of rotatable bonds is 7. The zero-order chi connectivity index (χ0) is 23.8. The van der Waals surface area contributed by atoms with Gasteiger partial charge in [0.2, 0.25) is 0 Å². The number of hydrogen-bond donors (Lipinski definition) is 1. The second kappa shape index (κ2) is 9.39. The summed E-state index contributed by atoms with van der Waals surface area (Å²) < 4.78 is 8.18. The van der Waals surface area contributed by atoms with Crippen LogP contribution >= 0.6 is 11.8 Å². The van der Waals surface area contributed by atoms with Gasteiger partial charge in [0, 0.05) is 40.6 Å². The number of nitrogens with zero attached hydrogens (tertiary/aromatic N) is 3. The van der Waals surface area contributed by atoms with E-state index in [9.17, 15) is 4.79 Å². The summed E-state index contributed by atoms with van der Waals surface area (Å²) in [7, 11) is 0. The molecule has 0 bridgehead atoms. The highest BCUT2D eigenvalue weighted by Crippen LogP contribution is 2.34. The zero-order valence-electron chi connectivity index (χ0n) is 20.1. The van der Waals surface area contributed by atoms with Gasteiger partial charge in [-0.25, -0.2) is 0 Å². The summed E-state index contributed by atoms with van der Waals surface area (Å²) in [4.78, 5) is 15.6. The van der Waals surface area contributed by atoms with Gasteiger partial charge in [-0.2, -0.15) is 0 Å². The van der Waals surface area contributed by atoms with Crippen LogP contribution in [0.1, 0.15) is 52.4 Å². The summed E-state index contributed by atoms with van der Waals surface area (Å²) in [6.45, 7) is 9.38. The van der Waals surface area contributed by atoms with E-state index in [1.807, 2.05) is 25.3 Å². The summed E-state index contributed by atoms with van der Waals surface area (Å²) in [5.74, 6) is 1.71. The molecule has 176 valence electrons. The zero-order valence-corrected chi connectivity index (χ0v) is 21.0. The van der Waals surface area contributed by atoms with Crippen LogP contribution < -0.4 is 0 Å². The van der Waals surface area contributed by atoms with Crippen LogP contribution in [0.3, 0.4) is 0 Å². The van der Waals surface area contributed by atoms with Crippen molar-refractivity contribution in [1.82, 2.24) is 19.7 Å². The van der Waals surface area contributed by atoms with Crippen molar-refractivity contribution in [2.75, 3.05) is 6.61 Å². The monoisotopic (exact) mass is 474 g/mol. The summed E-state index contributed by atoms with van der Waals surface area (Å²) in [5.41, 5.74) is 7.48. The lowest BCUT2D eigenvalue weighted by molar-refractivity contribution is 0.0953. The van der Waals surface area contributed by atoms with E-state index in [1.54, 1.807) is 18.7 Å². The Kier molecular flexibility index (Phi) is 6.32. The van der Waals surface area contributed by atoms with Gasteiger partial charge in [-0.1, -0.05) is 36.0 Å². The molecule has 3 heterocycles. The van der Waals surface area contributed by atoms with Crippen molar-refractivity contribution >= 4 is 28.4 Å². The minimum atomic E-state index is 0.115. The first kappa shape index (κ1) is 22.9. The van der Waals surface area contributed by atoms with E-state index in [0.29, 0.717) is 0 Å². The number of Topliss-reactive ketones (excluding diaryl/α,β-unsaturated/α-hetero) is 1.